The average Bonchev–Trinajstić information content (AvgIpc) is 3.38. The molecule has 0 radical (unpaired) electrons. The number of piperidine rings is 1. The van der Waals surface area contributed by atoms with Gasteiger partial charge in [0.1, 0.15) is 16.9 Å². The van der Waals surface area contributed by atoms with E-state index in [2.05, 4.69) is 10.1 Å². The number of rotatable bonds is 7. The van der Waals surface area contributed by atoms with Gasteiger partial charge < -0.3 is 19.5 Å². The molecule has 192 valence electrons. The van der Waals surface area contributed by atoms with Crippen LogP contribution in [0.2, 0.25) is 0 Å². The van der Waals surface area contributed by atoms with E-state index in [1.807, 2.05) is 24.3 Å². The maximum absolute atomic E-state index is 13.1. The van der Waals surface area contributed by atoms with Crippen LogP contribution in [0.5, 0.6) is 11.5 Å². The number of likely N-dealkylation sites (tertiary alicyclic amines) is 1. The van der Waals surface area contributed by atoms with Crippen LogP contribution in [0, 0.1) is 0 Å². The zero-order chi connectivity index (χ0) is 26.0. The Kier molecular flexibility index (Phi) is 6.66. The van der Waals surface area contributed by atoms with Gasteiger partial charge in [-0.15, -0.1) is 0 Å². The number of aryl methyl sites for hydroxylation is 1. The van der Waals surface area contributed by atoms with Crippen LogP contribution in [-0.2, 0) is 6.54 Å². The minimum Gasteiger partial charge on any atom is -0.497 e. The quantitative estimate of drug-likeness (QED) is 0.413. The van der Waals surface area contributed by atoms with E-state index in [9.17, 15) is 14.7 Å². The molecule has 0 bridgehead atoms. The molecule has 10 heteroatoms. The van der Waals surface area contributed by atoms with Crippen LogP contribution in [0.25, 0.3) is 16.7 Å². The Morgan fingerprint density at radius 2 is 1.62 bits per heavy atom. The summed E-state index contributed by atoms with van der Waals surface area (Å²) in [5.74, 6) is 1.36. The van der Waals surface area contributed by atoms with Crippen LogP contribution in [0.15, 0.2) is 65.8 Å². The molecule has 4 aromatic rings. The number of methoxy groups -OCH3 is 2. The molecule has 1 fully saturated rings. The van der Waals surface area contributed by atoms with Crippen molar-refractivity contribution < 1.29 is 19.4 Å². The van der Waals surface area contributed by atoms with Crippen molar-refractivity contribution in [2.75, 3.05) is 27.3 Å². The number of carbonyl (C=O) groups is 1. The number of hydrogen-bond donors (Lipinski definition) is 1. The Balaban J connectivity index is 1.23. The van der Waals surface area contributed by atoms with Crippen LogP contribution < -0.4 is 15.0 Å². The summed E-state index contributed by atoms with van der Waals surface area (Å²) in [5, 5.41) is 15.9. The molecule has 0 unspecified atom stereocenters. The van der Waals surface area contributed by atoms with Crippen LogP contribution in [0.4, 0.5) is 0 Å². The van der Waals surface area contributed by atoms with Crippen LogP contribution in [0.1, 0.15) is 29.6 Å². The van der Waals surface area contributed by atoms with Gasteiger partial charge in [-0.05, 0) is 67.8 Å². The normalized spacial score (nSPS) is 15.1. The Bertz CT molecular complexity index is 1450. The van der Waals surface area contributed by atoms with Gasteiger partial charge in [-0.1, -0.05) is 0 Å². The van der Waals surface area contributed by atoms with Crippen molar-refractivity contribution in [3.8, 4) is 17.2 Å². The largest absolute Gasteiger partial charge is 0.497 e. The predicted octanol–water partition coefficient (Wildman–Crippen LogP) is 2.66. The molecule has 3 heterocycles. The van der Waals surface area contributed by atoms with Crippen molar-refractivity contribution >= 4 is 16.9 Å². The number of aromatic nitrogens is 4. The first kappa shape index (κ1) is 24.5. The Labute approximate surface area is 213 Å². The minimum atomic E-state index is -0.960. The molecule has 1 aliphatic heterocycles. The molecule has 37 heavy (non-hydrogen) atoms. The standard InChI is InChI=1S/C27H29N5O5/c1-36-21-7-3-19(4-8-21)25(33)30-14-11-27(35,12-15-30)13-16-31-18-28-24-23(26(31)34)17-29-32(24)20-5-9-22(37-2)10-6-20/h3-10,17-18,35H,11-16H2,1-2H3. The molecular weight excluding hydrogens is 474 g/mol. The second kappa shape index (κ2) is 10.1. The molecule has 0 saturated carbocycles. The lowest BCUT2D eigenvalue weighted by molar-refractivity contribution is -0.0258. The highest BCUT2D eigenvalue weighted by Crippen LogP contribution is 2.27. The summed E-state index contributed by atoms with van der Waals surface area (Å²) in [5.41, 5.74) is 0.660. The summed E-state index contributed by atoms with van der Waals surface area (Å²) < 4.78 is 13.5. The van der Waals surface area contributed by atoms with Gasteiger partial charge in [-0.3, -0.25) is 14.2 Å². The lowest BCUT2D eigenvalue weighted by Gasteiger charge is -2.38. The summed E-state index contributed by atoms with van der Waals surface area (Å²) in [6, 6.07) is 14.3. The molecule has 0 aliphatic carbocycles. The number of amides is 1. The molecule has 5 rings (SSSR count). The SMILES string of the molecule is COc1ccc(C(=O)N2CCC(O)(CCn3cnc4c(cnn4-c4ccc(OC)cc4)c3=O)CC2)cc1. The Morgan fingerprint density at radius 3 is 2.24 bits per heavy atom. The lowest BCUT2D eigenvalue weighted by Crippen LogP contribution is -2.47. The number of aliphatic hydroxyl groups is 1. The van der Waals surface area contributed by atoms with E-state index >= 15 is 0 Å². The van der Waals surface area contributed by atoms with E-state index in [4.69, 9.17) is 9.47 Å². The fourth-order valence-corrected chi connectivity index (χ4v) is 4.64. The van der Waals surface area contributed by atoms with Crippen molar-refractivity contribution in [1.82, 2.24) is 24.2 Å². The van der Waals surface area contributed by atoms with Crippen molar-refractivity contribution in [3.63, 3.8) is 0 Å². The molecule has 1 aliphatic rings. The molecule has 1 saturated heterocycles. The van der Waals surface area contributed by atoms with Crippen molar-refractivity contribution in [1.29, 1.82) is 0 Å². The highest BCUT2D eigenvalue weighted by molar-refractivity contribution is 5.94. The number of benzene rings is 2. The molecule has 0 spiro atoms. The van der Waals surface area contributed by atoms with Gasteiger partial charge in [0.05, 0.1) is 38.0 Å². The number of ether oxygens (including phenoxy) is 2. The van der Waals surface area contributed by atoms with E-state index in [0.717, 1.165) is 11.4 Å². The number of hydrogen-bond acceptors (Lipinski definition) is 7. The molecule has 10 nitrogen and oxygen atoms in total. The fourth-order valence-electron chi connectivity index (χ4n) is 4.64. The maximum Gasteiger partial charge on any atom is 0.264 e. The van der Waals surface area contributed by atoms with Gasteiger partial charge in [0.15, 0.2) is 5.65 Å². The molecule has 2 aromatic heterocycles. The monoisotopic (exact) mass is 503 g/mol. The summed E-state index contributed by atoms with van der Waals surface area (Å²) in [4.78, 5) is 32.2. The molecule has 2 aromatic carbocycles. The molecular formula is C27H29N5O5. The van der Waals surface area contributed by atoms with E-state index in [1.165, 1.54) is 17.1 Å². The highest BCUT2D eigenvalue weighted by Gasteiger charge is 2.34. The zero-order valence-electron chi connectivity index (χ0n) is 20.8. The van der Waals surface area contributed by atoms with Gasteiger partial charge in [0, 0.05) is 25.2 Å². The first-order valence-corrected chi connectivity index (χ1v) is 12.1. The van der Waals surface area contributed by atoms with E-state index in [0.29, 0.717) is 61.2 Å². The van der Waals surface area contributed by atoms with E-state index < -0.39 is 5.60 Å². The Morgan fingerprint density at radius 1 is 1.00 bits per heavy atom. The predicted molar refractivity (Wildman–Crippen MR) is 137 cm³/mol. The average molecular weight is 504 g/mol. The van der Waals surface area contributed by atoms with Gasteiger partial charge in [-0.25, -0.2) is 9.67 Å². The Hall–Kier alpha value is -4.18. The van der Waals surface area contributed by atoms with E-state index in [-0.39, 0.29) is 11.5 Å². The third-order valence-electron chi connectivity index (χ3n) is 7.01. The minimum absolute atomic E-state index is 0.0653. The summed E-state index contributed by atoms with van der Waals surface area (Å²) in [6.07, 6.45) is 4.28. The topological polar surface area (TPSA) is 112 Å². The molecule has 1 N–H and O–H groups in total. The number of fused-ring (bicyclic) bond motifs is 1. The second-order valence-corrected chi connectivity index (χ2v) is 9.23. The van der Waals surface area contributed by atoms with Crippen LogP contribution in [-0.4, -0.2) is 68.2 Å². The third kappa shape index (κ3) is 4.92. The number of carbonyl (C=O) groups excluding carboxylic acids is 1. The molecule has 1 amide bonds. The highest BCUT2D eigenvalue weighted by atomic mass is 16.5. The summed E-state index contributed by atoms with van der Waals surface area (Å²) in [6.45, 7) is 1.21. The van der Waals surface area contributed by atoms with Crippen molar-refractivity contribution in [3.05, 3.63) is 77.0 Å². The van der Waals surface area contributed by atoms with Crippen molar-refractivity contribution in [2.45, 2.75) is 31.4 Å². The summed E-state index contributed by atoms with van der Waals surface area (Å²) in [7, 11) is 3.18. The second-order valence-electron chi connectivity index (χ2n) is 9.23. The van der Waals surface area contributed by atoms with Crippen molar-refractivity contribution in [2.24, 2.45) is 0 Å². The van der Waals surface area contributed by atoms with Gasteiger partial charge in [0.2, 0.25) is 0 Å². The van der Waals surface area contributed by atoms with E-state index in [1.54, 1.807) is 48.1 Å². The number of nitrogens with zero attached hydrogens (tertiary/aromatic N) is 5. The van der Waals surface area contributed by atoms with Crippen LogP contribution in [0.3, 0.4) is 0 Å². The third-order valence-corrected chi connectivity index (χ3v) is 7.01. The first-order chi connectivity index (χ1) is 17.9. The smallest absolute Gasteiger partial charge is 0.264 e. The van der Waals surface area contributed by atoms with Gasteiger partial charge in [-0.2, -0.15) is 5.10 Å². The summed E-state index contributed by atoms with van der Waals surface area (Å²) >= 11 is 0. The first-order valence-electron chi connectivity index (χ1n) is 12.1. The fraction of sp³-hybridized carbons (Fsp3) is 0.333. The van der Waals surface area contributed by atoms with Gasteiger partial charge in [0.25, 0.3) is 11.5 Å². The lowest BCUT2D eigenvalue weighted by atomic mass is 9.88. The van der Waals surface area contributed by atoms with Crippen LogP contribution >= 0.6 is 0 Å². The maximum atomic E-state index is 13.1. The van der Waals surface area contributed by atoms with Gasteiger partial charge >= 0.3 is 0 Å². The molecule has 0 atom stereocenters. The zero-order valence-corrected chi connectivity index (χ0v) is 20.8.